The SMILES string of the molecule is CCn1cc(COc2ccc(C(=O)O)c(F)c2)cn1. The van der Waals surface area contributed by atoms with Gasteiger partial charge in [0.1, 0.15) is 18.2 Å². The molecule has 0 aliphatic carbocycles. The highest BCUT2D eigenvalue weighted by atomic mass is 19.1. The summed E-state index contributed by atoms with van der Waals surface area (Å²) in [6.07, 6.45) is 3.51. The summed E-state index contributed by atoms with van der Waals surface area (Å²) < 4.78 is 20.5. The first-order valence-corrected chi connectivity index (χ1v) is 5.77. The number of benzene rings is 1. The number of rotatable bonds is 5. The molecule has 0 unspecified atom stereocenters. The molecule has 0 fully saturated rings. The van der Waals surface area contributed by atoms with Gasteiger partial charge in [-0.25, -0.2) is 9.18 Å². The number of carboxylic acids is 1. The third-order valence-corrected chi connectivity index (χ3v) is 2.59. The number of ether oxygens (including phenoxy) is 1. The molecule has 0 spiro atoms. The minimum atomic E-state index is -1.30. The molecule has 2 rings (SSSR count). The van der Waals surface area contributed by atoms with Crippen LogP contribution in [0.3, 0.4) is 0 Å². The molecule has 1 heterocycles. The molecular formula is C13H13FN2O3. The lowest BCUT2D eigenvalue weighted by atomic mass is 10.2. The Labute approximate surface area is 109 Å². The molecule has 1 N–H and O–H groups in total. The number of hydrogen-bond acceptors (Lipinski definition) is 3. The molecule has 0 saturated heterocycles. The topological polar surface area (TPSA) is 64.3 Å². The minimum absolute atomic E-state index is 0.256. The molecule has 0 radical (unpaired) electrons. The highest BCUT2D eigenvalue weighted by molar-refractivity contribution is 5.88. The van der Waals surface area contributed by atoms with Gasteiger partial charge in [-0.1, -0.05) is 0 Å². The van der Waals surface area contributed by atoms with Gasteiger partial charge >= 0.3 is 5.97 Å². The Morgan fingerprint density at radius 1 is 1.53 bits per heavy atom. The van der Waals surface area contributed by atoms with Gasteiger partial charge in [0.05, 0.1) is 11.8 Å². The number of nitrogens with zero attached hydrogens (tertiary/aromatic N) is 2. The van der Waals surface area contributed by atoms with E-state index in [9.17, 15) is 9.18 Å². The highest BCUT2D eigenvalue weighted by Crippen LogP contribution is 2.18. The summed E-state index contributed by atoms with van der Waals surface area (Å²) in [6, 6.07) is 3.67. The fraction of sp³-hybridized carbons (Fsp3) is 0.231. The third-order valence-electron chi connectivity index (χ3n) is 2.59. The smallest absolute Gasteiger partial charge is 0.338 e. The molecule has 2 aromatic rings. The Hall–Kier alpha value is -2.37. The summed E-state index contributed by atoms with van der Waals surface area (Å²) in [4.78, 5) is 10.7. The van der Waals surface area contributed by atoms with Gasteiger partial charge in [0.25, 0.3) is 0 Å². The number of halogens is 1. The normalized spacial score (nSPS) is 10.4. The second kappa shape index (κ2) is 5.51. The van der Waals surface area contributed by atoms with Gasteiger partial charge in [0, 0.05) is 24.4 Å². The molecule has 6 heteroatoms. The van der Waals surface area contributed by atoms with Crippen molar-refractivity contribution in [3.05, 3.63) is 47.5 Å². The molecule has 19 heavy (non-hydrogen) atoms. The largest absolute Gasteiger partial charge is 0.489 e. The molecule has 0 amide bonds. The fourth-order valence-electron chi connectivity index (χ4n) is 1.58. The van der Waals surface area contributed by atoms with Gasteiger partial charge in [-0.15, -0.1) is 0 Å². The summed E-state index contributed by atoms with van der Waals surface area (Å²) >= 11 is 0. The number of aromatic carboxylic acids is 1. The van der Waals surface area contributed by atoms with Crippen molar-refractivity contribution in [3.8, 4) is 5.75 Å². The van der Waals surface area contributed by atoms with Gasteiger partial charge in [-0.2, -0.15) is 5.10 Å². The first-order valence-electron chi connectivity index (χ1n) is 5.77. The lowest BCUT2D eigenvalue weighted by molar-refractivity contribution is 0.0692. The van der Waals surface area contributed by atoms with E-state index in [1.807, 2.05) is 13.1 Å². The van der Waals surface area contributed by atoms with E-state index in [1.54, 1.807) is 10.9 Å². The maximum Gasteiger partial charge on any atom is 0.338 e. The fourth-order valence-corrected chi connectivity index (χ4v) is 1.58. The first kappa shape index (κ1) is 13.1. The molecule has 0 aliphatic rings. The standard InChI is InChI=1S/C13H13FN2O3/c1-2-16-7-9(6-15-16)8-19-10-3-4-11(13(17)18)12(14)5-10/h3-7H,2,8H2,1H3,(H,17,18). The Morgan fingerprint density at radius 2 is 2.32 bits per heavy atom. The highest BCUT2D eigenvalue weighted by Gasteiger charge is 2.11. The zero-order chi connectivity index (χ0) is 13.8. The van der Waals surface area contributed by atoms with E-state index in [4.69, 9.17) is 9.84 Å². The van der Waals surface area contributed by atoms with E-state index in [0.29, 0.717) is 0 Å². The maximum absolute atomic E-state index is 13.4. The van der Waals surface area contributed by atoms with E-state index in [-0.39, 0.29) is 17.9 Å². The summed E-state index contributed by atoms with van der Waals surface area (Å²) in [6.45, 7) is 2.99. The number of hydrogen-bond donors (Lipinski definition) is 1. The minimum Gasteiger partial charge on any atom is -0.489 e. The molecule has 1 aromatic carbocycles. The maximum atomic E-state index is 13.4. The predicted octanol–water partition coefficient (Wildman–Crippen LogP) is 2.32. The van der Waals surface area contributed by atoms with Crippen LogP contribution in [0.4, 0.5) is 4.39 Å². The van der Waals surface area contributed by atoms with Gasteiger partial charge < -0.3 is 9.84 Å². The van der Waals surface area contributed by atoms with Crippen molar-refractivity contribution in [2.75, 3.05) is 0 Å². The number of aromatic nitrogens is 2. The first-order chi connectivity index (χ1) is 9.10. The van der Waals surface area contributed by atoms with Crippen molar-refractivity contribution in [1.82, 2.24) is 9.78 Å². The summed E-state index contributed by atoms with van der Waals surface area (Å²) in [5.41, 5.74) is 0.496. The molecule has 100 valence electrons. The zero-order valence-electron chi connectivity index (χ0n) is 10.3. The summed E-state index contributed by atoms with van der Waals surface area (Å²) in [5, 5.41) is 12.8. The summed E-state index contributed by atoms with van der Waals surface area (Å²) in [7, 11) is 0. The number of carboxylic acid groups (broad SMARTS) is 1. The zero-order valence-corrected chi connectivity index (χ0v) is 10.3. The van der Waals surface area contributed by atoms with E-state index < -0.39 is 11.8 Å². The Morgan fingerprint density at radius 3 is 2.89 bits per heavy atom. The van der Waals surface area contributed by atoms with Crippen LogP contribution in [-0.4, -0.2) is 20.9 Å². The van der Waals surface area contributed by atoms with Crippen LogP contribution in [0.25, 0.3) is 0 Å². The summed E-state index contributed by atoms with van der Waals surface area (Å²) in [5.74, 6) is -1.82. The van der Waals surface area contributed by atoms with E-state index in [0.717, 1.165) is 18.2 Å². The van der Waals surface area contributed by atoms with E-state index in [2.05, 4.69) is 5.10 Å². The van der Waals surface area contributed by atoms with Gasteiger partial charge in [0.2, 0.25) is 0 Å². The van der Waals surface area contributed by atoms with Crippen LogP contribution in [0.15, 0.2) is 30.6 Å². The van der Waals surface area contributed by atoms with E-state index in [1.165, 1.54) is 12.1 Å². The van der Waals surface area contributed by atoms with Gasteiger partial charge in [-0.05, 0) is 19.1 Å². The van der Waals surface area contributed by atoms with Crippen molar-refractivity contribution in [1.29, 1.82) is 0 Å². The molecule has 5 nitrogen and oxygen atoms in total. The van der Waals surface area contributed by atoms with Crippen molar-refractivity contribution in [2.45, 2.75) is 20.1 Å². The Kier molecular flexibility index (Phi) is 3.79. The van der Waals surface area contributed by atoms with Crippen LogP contribution in [0.1, 0.15) is 22.8 Å². The average molecular weight is 264 g/mol. The second-order valence-electron chi connectivity index (χ2n) is 3.94. The molecule has 0 bridgehead atoms. The predicted molar refractivity (Wildman–Crippen MR) is 65.6 cm³/mol. The monoisotopic (exact) mass is 264 g/mol. The molecule has 0 aliphatic heterocycles. The second-order valence-corrected chi connectivity index (χ2v) is 3.94. The average Bonchev–Trinajstić information content (AvgIpc) is 2.84. The van der Waals surface area contributed by atoms with Crippen molar-refractivity contribution in [3.63, 3.8) is 0 Å². The van der Waals surface area contributed by atoms with Crippen molar-refractivity contribution < 1.29 is 19.0 Å². The Bertz CT molecular complexity index is 595. The molecular weight excluding hydrogens is 251 g/mol. The quantitative estimate of drug-likeness (QED) is 0.900. The van der Waals surface area contributed by atoms with Crippen LogP contribution in [0.5, 0.6) is 5.75 Å². The molecule has 0 atom stereocenters. The number of aryl methyl sites for hydroxylation is 1. The van der Waals surface area contributed by atoms with Crippen LogP contribution < -0.4 is 4.74 Å². The molecule has 1 aromatic heterocycles. The van der Waals surface area contributed by atoms with Crippen molar-refractivity contribution in [2.24, 2.45) is 0 Å². The van der Waals surface area contributed by atoms with Crippen molar-refractivity contribution >= 4 is 5.97 Å². The molecule has 0 saturated carbocycles. The lowest BCUT2D eigenvalue weighted by Crippen LogP contribution is -2.01. The van der Waals surface area contributed by atoms with Crippen LogP contribution >= 0.6 is 0 Å². The number of carbonyl (C=O) groups is 1. The Balaban J connectivity index is 2.03. The van der Waals surface area contributed by atoms with Gasteiger partial charge in [0.15, 0.2) is 0 Å². The van der Waals surface area contributed by atoms with Crippen LogP contribution in [0.2, 0.25) is 0 Å². The lowest BCUT2D eigenvalue weighted by Gasteiger charge is -2.05. The van der Waals surface area contributed by atoms with Gasteiger partial charge in [-0.3, -0.25) is 4.68 Å². The van der Waals surface area contributed by atoms with E-state index >= 15 is 0 Å². The van der Waals surface area contributed by atoms with Crippen LogP contribution in [-0.2, 0) is 13.2 Å². The third kappa shape index (κ3) is 3.09. The van der Waals surface area contributed by atoms with Crippen LogP contribution in [0, 0.1) is 5.82 Å².